The van der Waals surface area contributed by atoms with Crippen molar-refractivity contribution < 1.29 is 19.4 Å². The van der Waals surface area contributed by atoms with E-state index in [9.17, 15) is 9.90 Å². The molecule has 2 aliphatic heterocycles. The molecule has 24 heavy (non-hydrogen) atoms. The zero-order valence-electron chi connectivity index (χ0n) is 13.8. The number of phenols is 1. The zero-order chi connectivity index (χ0) is 16.9. The first-order valence-electron chi connectivity index (χ1n) is 8.26. The number of hydrogen-bond donors (Lipinski definition) is 1. The number of phenolic OH excluding ortho intramolecular Hbond substituents is 1. The molecule has 124 valence electrons. The number of carbonyl (C=O) groups excluding carboxylic acids is 1. The molecule has 2 aliphatic rings. The third-order valence-corrected chi connectivity index (χ3v) is 4.74. The maximum atomic E-state index is 12.4. The van der Waals surface area contributed by atoms with E-state index in [0.717, 1.165) is 29.7 Å². The molecule has 2 aromatic rings. The lowest BCUT2D eigenvalue weighted by molar-refractivity contribution is 0.0833. The fourth-order valence-electron chi connectivity index (χ4n) is 3.38. The summed E-state index contributed by atoms with van der Waals surface area (Å²) in [7, 11) is 0. The van der Waals surface area contributed by atoms with Crippen molar-refractivity contribution in [3.63, 3.8) is 0 Å². The molecule has 0 unspecified atom stereocenters. The summed E-state index contributed by atoms with van der Waals surface area (Å²) in [4.78, 5) is 12.4. The summed E-state index contributed by atoms with van der Waals surface area (Å²) in [5.74, 6) is 1.50. The van der Waals surface area contributed by atoms with Gasteiger partial charge < -0.3 is 14.6 Å². The van der Waals surface area contributed by atoms with Crippen molar-refractivity contribution in [3.05, 3.63) is 53.1 Å². The highest BCUT2D eigenvalue weighted by atomic mass is 16.5. The van der Waals surface area contributed by atoms with Crippen LogP contribution in [0.3, 0.4) is 0 Å². The van der Waals surface area contributed by atoms with E-state index in [4.69, 9.17) is 9.47 Å². The standard InChI is InChI=1S/C20H20O4/c1-20(2)8-7-13-9-12(3-6-17(13)24-20)18-11-16(22)15-5-4-14(21)10-19(15)23-18/h3-6,9-10,18,21H,7-8,11H2,1-2H3/t18-/m0/s1. The highest BCUT2D eigenvalue weighted by molar-refractivity contribution is 6.00. The Kier molecular flexibility index (Phi) is 3.30. The largest absolute Gasteiger partial charge is 0.508 e. The number of hydrogen-bond acceptors (Lipinski definition) is 4. The van der Waals surface area contributed by atoms with E-state index >= 15 is 0 Å². The number of carbonyl (C=O) groups is 1. The Labute approximate surface area is 141 Å². The topological polar surface area (TPSA) is 55.8 Å². The summed E-state index contributed by atoms with van der Waals surface area (Å²) < 4.78 is 12.0. The van der Waals surface area contributed by atoms with Crippen molar-refractivity contribution >= 4 is 5.78 Å². The molecule has 0 fully saturated rings. The van der Waals surface area contributed by atoms with E-state index in [1.54, 1.807) is 6.07 Å². The van der Waals surface area contributed by atoms with Crippen molar-refractivity contribution in [2.45, 2.75) is 44.8 Å². The molecular weight excluding hydrogens is 304 g/mol. The second kappa shape index (κ2) is 5.26. The smallest absolute Gasteiger partial charge is 0.170 e. The van der Waals surface area contributed by atoms with Crippen molar-refractivity contribution in [2.75, 3.05) is 0 Å². The van der Waals surface area contributed by atoms with Crippen LogP contribution < -0.4 is 9.47 Å². The van der Waals surface area contributed by atoms with Gasteiger partial charge in [-0.2, -0.15) is 0 Å². The number of rotatable bonds is 1. The molecule has 1 atom stereocenters. The minimum absolute atomic E-state index is 0.0383. The molecule has 0 spiro atoms. The molecular formula is C20H20O4. The van der Waals surface area contributed by atoms with E-state index in [1.807, 2.05) is 12.1 Å². The fraction of sp³-hybridized carbons (Fsp3) is 0.350. The molecule has 0 saturated heterocycles. The van der Waals surface area contributed by atoms with Crippen LogP contribution in [0.15, 0.2) is 36.4 Å². The van der Waals surface area contributed by atoms with Crippen LogP contribution in [0, 0.1) is 0 Å². The normalized spacial score (nSPS) is 21.2. The van der Waals surface area contributed by atoms with Gasteiger partial charge in [0.05, 0.1) is 12.0 Å². The molecule has 0 bridgehead atoms. The Morgan fingerprint density at radius 3 is 2.79 bits per heavy atom. The number of ketones is 1. The molecule has 1 N–H and O–H groups in total. The zero-order valence-corrected chi connectivity index (χ0v) is 13.8. The van der Waals surface area contributed by atoms with Crippen LogP contribution >= 0.6 is 0 Å². The Bertz CT molecular complexity index is 822. The van der Waals surface area contributed by atoms with Crippen LogP contribution in [0.4, 0.5) is 0 Å². The summed E-state index contributed by atoms with van der Waals surface area (Å²) in [6, 6.07) is 10.6. The molecule has 2 heterocycles. The molecule has 0 radical (unpaired) electrons. The SMILES string of the molecule is CC1(C)CCc2cc([C@@H]3CC(=O)c4ccc(O)cc4O3)ccc2O1. The van der Waals surface area contributed by atoms with E-state index in [2.05, 4.69) is 19.9 Å². The van der Waals surface area contributed by atoms with Gasteiger partial charge in [-0.3, -0.25) is 4.79 Å². The van der Waals surface area contributed by atoms with Crippen LogP contribution in [0.1, 0.15) is 54.3 Å². The van der Waals surface area contributed by atoms with Crippen LogP contribution in [-0.4, -0.2) is 16.5 Å². The molecule has 0 aliphatic carbocycles. The van der Waals surface area contributed by atoms with Gasteiger partial charge in [-0.1, -0.05) is 6.07 Å². The maximum Gasteiger partial charge on any atom is 0.170 e. The first-order valence-corrected chi connectivity index (χ1v) is 8.26. The van der Waals surface area contributed by atoms with Gasteiger partial charge in [0, 0.05) is 6.07 Å². The maximum absolute atomic E-state index is 12.4. The first kappa shape index (κ1) is 15.1. The lowest BCUT2D eigenvalue weighted by Crippen LogP contribution is -2.32. The summed E-state index contributed by atoms with van der Waals surface area (Å²) in [6.07, 6.45) is 1.90. The highest BCUT2D eigenvalue weighted by Crippen LogP contribution is 2.39. The Morgan fingerprint density at radius 2 is 1.96 bits per heavy atom. The summed E-state index contributed by atoms with van der Waals surface area (Å²) in [5.41, 5.74) is 2.53. The number of aromatic hydroxyl groups is 1. The average Bonchev–Trinajstić information content (AvgIpc) is 2.53. The van der Waals surface area contributed by atoms with Crippen molar-refractivity contribution in [1.82, 2.24) is 0 Å². The minimum Gasteiger partial charge on any atom is -0.508 e. The van der Waals surface area contributed by atoms with Crippen molar-refractivity contribution in [3.8, 4) is 17.2 Å². The van der Waals surface area contributed by atoms with Gasteiger partial charge in [0.25, 0.3) is 0 Å². The number of aryl methyl sites for hydroxylation is 1. The van der Waals surface area contributed by atoms with E-state index < -0.39 is 0 Å². The third kappa shape index (κ3) is 2.62. The lowest BCUT2D eigenvalue weighted by Gasteiger charge is -2.33. The first-order chi connectivity index (χ1) is 11.4. The number of ether oxygens (including phenoxy) is 2. The van der Waals surface area contributed by atoms with Gasteiger partial charge in [0.1, 0.15) is 29.0 Å². The molecule has 4 rings (SSSR count). The summed E-state index contributed by atoms with van der Waals surface area (Å²) in [5, 5.41) is 9.63. The van der Waals surface area contributed by atoms with Gasteiger partial charge >= 0.3 is 0 Å². The molecule has 4 nitrogen and oxygen atoms in total. The van der Waals surface area contributed by atoms with Crippen molar-refractivity contribution in [1.29, 1.82) is 0 Å². The molecule has 4 heteroatoms. The fourth-order valence-corrected chi connectivity index (χ4v) is 3.38. The van der Waals surface area contributed by atoms with E-state index in [1.165, 1.54) is 12.1 Å². The average molecular weight is 324 g/mol. The van der Waals surface area contributed by atoms with Gasteiger partial charge in [0.2, 0.25) is 0 Å². The van der Waals surface area contributed by atoms with Crippen LogP contribution in [0.25, 0.3) is 0 Å². The van der Waals surface area contributed by atoms with Crippen LogP contribution in [-0.2, 0) is 6.42 Å². The van der Waals surface area contributed by atoms with Gasteiger partial charge in [-0.25, -0.2) is 0 Å². The van der Waals surface area contributed by atoms with E-state index in [-0.39, 0.29) is 23.2 Å². The Morgan fingerprint density at radius 1 is 1.12 bits per heavy atom. The summed E-state index contributed by atoms with van der Waals surface area (Å²) >= 11 is 0. The quantitative estimate of drug-likeness (QED) is 0.854. The number of benzene rings is 2. The van der Waals surface area contributed by atoms with Gasteiger partial charge in [-0.05, 0) is 62.1 Å². The van der Waals surface area contributed by atoms with E-state index in [0.29, 0.717) is 17.7 Å². The van der Waals surface area contributed by atoms with Crippen LogP contribution in [0.5, 0.6) is 17.2 Å². The van der Waals surface area contributed by atoms with Crippen molar-refractivity contribution in [2.24, 2.45) is 0 Å². The lowest BCUT2D eigenvalue weighted by atomic mass is 9.90. The van der Waals surface area contributed by atoms with Crippen LogP contribution in [0.2, 0.25) is 0 Å². The predicted molar refractivity (Wildman–Crippen MR) is 89.9 cm³/mol. The number of fused-ring (bicyclic) bond motifs is 2. The second-order valence-electron chi connectivity index (χ2n) is 7.14. The monoisotopic (exact) mass is 324 g/mol. The molecule has 0 amide bonds. The summed E-state index contributed by atoms with van der Waals surface area (Å²) in [6.45, 7) is 4.19. The third-order valence-electron chi connectivity index (χ3n) is 4.74. The molecule has 2 aromatic carbocycles. The predicted octanol–water partition coefficient (Wildman–Crippen LogP) is 4.20. The van der Waals surface area contributed by atoms with Gasteiger partial charge in [-0.15, -0.1) is 0 Å². The second-order valence-corrected chi connectivity index (χ2v) is 7.14. The van der Waals surface area contributed by atoms with Gasteiger partial charge in [0.15, 0.2) is 5.78 Å². The Balaban J connectivity index is 1.65. The minimum atomic E-state index is -0.327. The molecule has 0 saturated carbocycles. The molecule has 0 aromatic heterocycles. The Hall–Kier alpha value is -2.49. The number of Topliss-reactive ketones (excluding diaryl/α,β-unsaturated/α-hetero) is 1. The highest BCUT2D eigenvalue weighted by Gasteiger charge is 2.30.